The molecule has 10 heteroatoms. The zero-order chi connectivity index (χ0) is 18.3. The molecule has 7 nitrogen and oxygen atoms in total. The third-order valence-corrected chi connectivity index (χ3v) is 3.69. The van der Waals surface area contributed by atoms with Gasteiger partial charge in [0.05, 0.1) is 12.8 Å². The van der Waals surface area contributed by atoms with E-state index in [1.165, 1.54) is 11.2 Å². The minimum Gasteiger partial charge on any atom is -0.459 e. The van der Waals surface area contributed by atoms with Gasteiger partial charge in [-0.2, -0.15) is 13.2 Å². The Hall–Kier alpha value is -2.23. The Bertz CT molecular complexity index is 574. The normalized spacial score (nSPS) is 19.0. The highest BCUT2D eigenvalue weighted by molar-refractivity contribution is 5.91. The van der Waals surface area contributed by atoms with E-state index in [2.05, 4.69) is 20.9 Å². The lowest BCUT2D eigenvalue weighted by Crippen LogP contribution is -2.47. The standard InChI is InChI=1S/C15H22F3N5O2/c1-19-14(21-6-5-20-13(24)12-3-2-8-25-12)22-11-4-7-23(9-11)10-15(16,17)18/h2-3,8,11H,4-7,9-10H2,1H3,(H,20,24)(H2,19,21,22). The molecular formula is C15H22F3N5O2. The van der Waals surface area contributed by atoms with Gasteiger partial charge in [-0.05, 0) is 18.6 Å². The number of nitrogens with zero attached hydrogens (tertiary/aromatic N) is 2. The van der Waals surface area contributed by atoms with Crippen LogP contribution in [0.5, 0.6) is 0 Å². The fourth-order valence-electron chi connectivity index (χ4n) is 2.59. The molecule has 0 saturated carbocycles. The lowest BCUT2D eigenvalue weighted by atomic mass is 10.3. The second-order valence-electron chi connectivity index (χ2n) is 5.71. The van der Waals surface area contributed by atoms with Crippen molar-refractivity contribution in [1.82, 2.24) is 20.9 Å². The molecule has 1 aliphatic rings. The zero-order valence-electron chi connectivity index (χ0n) is 13.9. The van der Waals surface area contributed by atoms with Crippen molar-refractivity contribution in [3.8, 4) is 0 Å². The van der Waals surface area contributed by atoms with Gasteiger partial charge in [0, 0.05) is 39.3 Å². The molecule has 1 aromatic rings. The number of hydrogen-bond acceptors (Lipinski definition) is 4. The summed E-state index contributed by atoms with van der Waals surface area (Å²) in [6, 6.07) is 3.10. The number of rotatable bonds is 6. The quantitative estimate of drug-likeness (QED) is 0.397. The number of furan rings is 1. The number of nitrogens with one attached hydrogen (secondary N) is 3. The van der Waals surface area contributed by atoms with E-state index in [1.54, 1.807) is 19.2 Å². The summed E-state index contributed by atoms with van der Waals surface area (Å²) in [5, 5.41) is 8.79. The van der Waals surface area contributed by atoms with Gasteiger partial charge < -0.3 is 20.4 Å². The summed E-state index contributed by atoms with van der Waals surface area (Å²) in [6.07, 6.45) is -2.14. The van der Waals surface area contributed by atoms with Crippen LogP contribution in [0.1, 0.15) is 17.0 Å². The van der Waals surface area contributed by atoms with Gasteiger partial charge in [0.1, 0.15) is 0 Å². The third kappa shape index (κ3) is 6.65. The van der Waals surface area contributed by atoms with Gasteiger partial charge in [-0.3, -0.25) is 14.7 Å². The van der Waals surface area contributed by atoms with E-state index in [1.807, 2.05) is 0 Å². The number of guanidine groups is 1. The van der Waals surface area contributed by atoms with Gasteiger partial charge >= 0.3 is 6.18 Å². The molecule has 1 fully saturated rings. The molecule has 3 N–H and O–H groups in total. The van der Waals surface area contributed by atoms with Crippen LogP contribution in [0.15, 0.2) is 27.8 Å². The lowest BCUT2D eigenvalue weighted by Gasteiger charge is -2.19. The molecule has 0 aliphatic carbocycles. The van der Waals surface area contributed by atoms with E-state index in [0.29, 0.717) is 38.6 Å². The molecule has 1 unspecified atom stereocenters. The Labute approximate surface area is 143 Å². The number of likely N-dealkylation sites (tertiary alicyclic amines) is 1. The highest BCUT2D eigenvalue weighted by atomic mass is 19.4. The molecule has 0 bridgehead atoms. The van der Waals surface area contributed by atoms with Gasteiger partial charge in [0.2, 0.25) is 0 Å². The van der Waals surface area contributed by atoms with Crippen molar-refractivity contribution in [2.75, 3.05) is 39.8 Å². The average molecular weight is 361 g/mol. The van der Waals surface area contributed by atoms with E-state index in [9.17, 15) is 18.0 Å². The third-order valence-electron chi connectivity index (χ3n) is 3.69. The molecule has 1 atom stereocenters. The highest BCUT2D eigenvalue weighted by Crippen LogP contribution is 2.19. The molecule has 1 aliphatic heterocycles. The predicted octanol–water partition coefficient (Wildman–Crippen LogP) is 0.811. The van der Waals surface area contributed by atoms with Crippen molar-refractivity contribution < 1.29 is 22.4 Å². The van der Waals surface area contributed by atoms with Crippen molar-refractivity contribution in [2.24, 2.45) is 4.99 Å². The van der Waals surface area contributed by atoms with Crippen molar-refractivity contribution in [1.29, 1.82) is 0 Å². The first kappa shape index (κ1) is 19.1. The molecule has 2 rings (SSSR count). The average Bonchev–Trinajstić information content (AvgIpc) is 3.20. The number of hydrogen-bond donors (Lipinski definition) is 3. The SMILES string of the molecule is CN=C(NCCNC(=O)c1ccco1)NC1CCN(CC(F)(F)F)C1. The highest BCUT2D eigenvalue weighted by Gasteiger charge is 2.34. The molecule has 1 amide bonds. The Morgan fingerprint density at radius 2 is 2.16 bits per heavy atom. The molecule has 25 heavy (non-hydrogen) atoms. The molecule has 0 aromatic carbocycles. The van der Waals surface area contributed by atoms with Crippen molar-refractivity contribution >= 4 is 11.9 Å². The Morgan fingerprint density at radius 3 is 2.80 bits per heavy atom. The van der Waals surface area contributed by atoms with E-state index >= 15 is 0 Å². The first-order valence-corrected chi connectivity index (χ1v) is 7.95. The topological polar surface area (TPSA) is 81.9 Å². The maximum absolute atomic E-state index is 12.4. The van der Waals surface area contributed by atoms with Crippen LogP contribution in [0.4, 0.5) is 13.2 Å². The van der Waals surface area contributed by atoms with Crippen LogP contribution in [-0.2, 0) is 0 Å². The number of carbonyl (C=O) groups excluding carboxylic acids is 1. The second-order valence-corrected chi connectivity index (χ2v) is 5.71. The van der Waals surface area contributed by atoms with Gasteiger partial charge in [-0.15, -0.1) is 0 Å². The summed E-state index contributed by atoms with van der Waals surface area (Å²) in [5.41, 5.74) is 0. The Kier molecular flexibility index (Phi) is 6.68. The monoisotopic (exact) mass is 361 g/mol. The smallest absolute Gasteiger partial charge is 0.401 e. The molecule has 0 spiro atoms. The fourth-order valence-corrected chi connectivity index (χ4v) is 2.59. The van der Waals surface area contributed by atoms with E-state index < -0.39 is 12.7 Å². The summed E-state index contributed by atoms with van der Waals surface area (Å²) in [6.45, 7) is 0.592. The van der Waals surface area contributed by atoms with Crippen LogP contribution in [0, 0.1) is 0 Å². The van der Waals surface area contributed by atoms with Gasteiger partial charge in [0.15, 0.2) is 11.7 Å². The summed E-state index contributed by atoms with van der Waals surface area (Å²) in [4.78, 5) is 17.1. The first-order valence-electron chi connectivity index (χ1n) is 7.95. The largest absolute Gasteiger partial charge is 0.459 e. The van der Waals surface area contributed by atoms with Crippen LogP contribution >= 0.6 is 0 Å². The number of aliphatic imine (C=N–C) groups is 1. The minimum atomic E-state index is -4.18. The number of amides is 1. The zero-order valence-corrected chi connectivity index (χ0v) is 13.9. The molecule has 1 aromatic heterocycles. The Morgan fingerprint density at radius 1 is 1.40 bits per heavy atom. The molecule has 0 radical (unpaired) electrons. The minimum absolute atomic E-state index is 0.0914. The van der Waals surface area contributed by atoms with Gasteiger partial charge in [-0.1, -0.05) is 0 Å². The fraction of sp³-hybridized carbons (Fsp3) is 0.600. The second kappa shape index (κ2) is 8.75. The molecule has 1 saturated heterocycles. The van der Waals surface area contributed by atoms with Crippen LogP contribution < -0.4 is 16.0 Å². The molecule has 2 heterocycles. The van der Waals surface area contributed by atoms with Crippen molar-refractivity contribution in [3.05, 3.63) is 24.2 Å². The summed E-state index contributed by atoms with van der Waals surface area (Å²) in [7, 11) is 1.58. The van der Waals surface area contributed by atoms with Crippen LogP contribution in [0.25, 0.3) is 0 Å². The van der Waals surface area contributed by atoms with Gasteiger partial charge in [0.25, 0.3) is 5.91 Å². The van der Waals surface area contributed by atoms with Crippen LogP contribution in [0.3, 0.4) is 0 Å². The summed E-state index contributed by atoms with van der Waals surface area (Å²) < 4.78 is 42.2. The Balaban J connectivity index is 1.65. The van der Waals surface area contributed by atoms with Crippen LogP contribution in [-0.4, -0.2) is 68.8 Å². The number of carbonyl (C=O) groups is 1. The first-order chi connectivity index (χ1) is 11.9. The number of halogens is 3. The summed E-state index contributed by atoms with van der Waals surface area (Å²) >= 11 is 0. The summed E-state index contributed by atoms with van der Waals surface area (Å²) in [5.74, 6) is 0.414. The van der Waals surface area contributed by atoms with E-state index in [4.69, 9.17) is 4.42 Å². The van der Waals surface area contributed by atoms with Crippen molar-refractivity contribution in [3.63, 3.8) is 0 Å². The van der Waals surface area contributed by atoms with Gasteiger partial charge in [-0.25, -0.2) is 0 Å². The predicted molar refractivity (Wildman–Crippen MR) is 86.4 cm³/mol. The number of alkyl halides is 3. The maximum Gasteiger partial charge on any atom is 0.401 e. The van der Waals surface area contributed by atoms with E-state index in [-0.39, 0.29) is 17.7 Å². The van der Waals surface area contributed by atoms with Crippen LogP contribution in [0.2, 0.25) is 0 Å². The molecular weight excluding hydrogens is 339 g/mol. The maximum atomic E-state index is 12.4. The van der Waals surface area contributed by atoms with E-state index in [0.717, 1.165) is 0 Å². The molecule has 140 valence electrons. The van der Waals surface area contributed by atoms with Crippen molar-refractivity contribution in [2.45, 2.75) is 18.6 Å². The lowest BCUT2D eigenvalue weighted by molar-refractivity contribution is -0.143.